The molecule has 5 nitrogen and oxygen atoms in total. The number of benzene rings is 2. The zero-order valence-electron chi connectivity index (χ0n) is 12.7. The Morgan fingerprint density at radius 1 is 1.16 bits per heavy atom. The third-order valence-corrected chi connectivity index (χ3v) is 4.41. The van der Waals surface area contributed by atoms with Gasteiger partial charge in [0.2, 0.25) is 0 Å². The highest BCUT2D eigenvalue weighted by atomic mass is 35.5. The molecule has 1 heterocycles. The third-order valence-electron chi connectivity index (χ3n) is 3.10. The van der Waals surface area contributed by atoms with Gasteiger partial charge in [0.15, 0.2) is 10.3 Å². The van der Waals surface area contributed by atoms with E-state index in [9.17, 15) is 9.18 Å². The molecule has 0 aliphatic heterocycles. The van der Waals surface area contributed by atoms with Crippen molar-refractivity contribution in [2.45, 2.75) is 0 Å². The Bertz CT molecular complexity index is 914. The number of carbonyl (C=O) groups is 1. The first-order valence-corrected chi connectivity index (χ1v) is 8.39. The second kappa shape index (κ2) is 7.87. The lowest BCUT2D eigenvalue weighted by Gasteiger charge is -2.00. The van der Waals surface area contributed by atoms with Crippen molar-refractivity contribution in [2.24, 2.45) is 5.10 Å². The molecule has 8 heteroatoms. The second-order valence-corrected chi connectivity index (χ2v) is 6.23. The van der Waals surface area contributed by atoms with Gasteiger partial charge in [0, 0.05) is 5.69 Å². The molecule has 1 amide bonds. The number of nitrogens with one attached hydrogen (secondary N) is 2. The molecule has 25 heavy (non-hydrogen) atoms. The molecule has 0 saturated carbocycles. The van der Waals surface area contributed by atoms with Gasteiger partial charge in [-0.2, -0.15) is 5.10 Å². The first-order chi connectivity index (χ1) is 12.1. The molecule has 0 unspecified atom stereocenters. The average molecular weight is 375 g/mol. The summed E-state index contributed by atoms with van der Waals surface area (Å²) in [5.74, 6) is -1.25. The van der Waals surface area contributed by atoms with Crippen molar-refractivity contribution in [1.82, 2.24) is 10.4 Å². The minimum atomic E-state index is -0.641. The number of carbonyl (C=O) groups excluding carboxylic acids is 1. The van der Waals surface area contributed by atoms with E-state index in [2.05, 4.69) is 20.8 Å². The van der Waals surface area contributed by atoms with E-state index in [1.807, 2.05) is 30.3 Å². The number of hydrogen-bond donors (Lipinski definition) is 2. The molecule has 2 aromatic carbocycles. The molecule has 1 aromatic heterocycles. The number of nitrogens with zero attached hydrogens (tertiary/aromatic N) is 2. The number of aromatic nitrogens is 1. The third kappa shape index (κ3) is 4.40. The molecule has 3 rings (SSSR count). The van der Waals surface area contributed by atoms with E-state index in [0.29, 0.717) is 10.0 Å². The second-order valence-electron chi connectivity index (χ2n) is 4.84. The van der Waals surface area contributed by atoms with E-state index in [1.165, 1.54) is 35.8 Å². The van der Waals surface area contributed by atoms with Crippen molar-refractivity contribution in [3.8, 4) is 0 Å². The van der Waals surface area contributed by atoms with Crippen molar-refractivity contribution in [3.05, 3.63) is 76.0 Å². The number of anilines is 2. The van der Waals surface area contributed by atoms with Crippen molar-refractivity contribution < 1.29 is 9.18 Å². The fraction of sp³-hybridized carbons (Fsp3) is 0. The average Bonchev–Trinajstić information content (AvgIpc) is 2.95. The van der Waals surface area contributed by atoms with Gasteiger partial charge in [-0.05, 0) is 24.3 Å². The minimum absolute atomic E-state index is 0.0820. The Kier molecular flexibility index (Phi) is 5.37. The molecule has 0 fully saturated rings. The fourth-order valence-corrected chi connectivity index (χ4v) is 3.00. The van der Waals surface area contributed by atoms with Gasteiger partial charge in [0.25, 0.3) is 5.91 Å². The van der Waals surface area contributed by atoms with Gasteiger partial charge in [-0.1, -0.05) is 53.3 Å². The Hall–Kier alpha value is -2.77. The number of halogens is 2. The van der Waals surface area contributed by atoms with Gasteiger partial charge in [-0.25, -0.2) is 14.8 Å². The summed E-state index contributed by atoms with van der Waals surface area (Å²) in [6, 6.07) is 15.2. The van der Waals surface area contributed by atoms with Crippen LogP contribution in [0.5, 0.6) is 0 Å². The number of thiazole rings is 1. The molecule has 0 bridgehead atoms. The number of hydrazone groups is 1. The van der Waals surface area contributed by atoms with Gasteiger partial charge in [0.05, 0.1) is 16.7 Å². The minimum Gasteiger partial charge on any atom is -0.331 e. The van der Waals surface area contributed by atoms with E-state index < -0.39 is 11.7 Å². The maximum atomic E-state index is 13.5. The summed E-state index contributed by atoms with van der Waals surface area (Å²) < 4.78 is 13.5. The van der Waals surface area contributed by atoms with Crippen LogP contribution in [0.3, 0.4) is 0 Å². The zero-order valence-corrected chi connectivity index (χ0v) is 14.3. The maximum absolute atomic E-state index is 13.5. The summed E-state index contributed by atoms with van der Waals surface area (Å²) in [4.78, 5) is 16.6. The van der Waals surface area contributed by atoms with Crippen LogP contribution in [0.4, 0.5) is 15.2 Å². The van der Waals surface area contributed by atoms with Gasteiger partial charge in [0.1, 0.15) is 5.82 Å². The molecule has 0 saturated heterocycles. The van der Waals surface area contributed by atoms with Crippen molar-refractivity contribution in [2.75, 3.05) is 5.32 Å². The maximum Gasteiger partial charge on any atom is 0.274 e. The van der Waals surface area contributed by atoms with Crippen LogP contribution in [0.25, 0.3) is 0 Å². The van der Waals surface area contributed by atoms with E-state index >= 15 is 0 Å². The predicted octanol–water partition coefficient (Wildman–Crippen LogP) is 4.44. The van der Waals surface area contributed by atoms with E-state index in [1.54, 1.807) is 6.07 Å². The number of amides is 1. The van der Waals surface area contributed by atoms with Crippen molar-refractivity contribution >= 4 is 45.9 Å². The van der Waals surface area contributed by atoms with Crippen LogP contribution in [-0.2, 0) is 0 Å². The standard InChI is InChI=1S/C17H12ClFN4OS/c18-15-14(25-17(22-15)21-11-6-2-1-3-7-11)10-20-23-16(24)12-8-4-5-9-13(12)19/h1-10H,(H,21,22)(H,23,24)/b20-10+. The molecule has 0 atom stereocenters. The first-order valence-electron chi connectivity index (χ1n) is 7.20. The molecule has 3 aromatic rings. The Morgan fingerprint density at radius 2 is 1.88 bits per heavy atom. The first kappa shape index (κ1) is 17.1. The Balaban J connectivity index is 1.66. The lowest BCUT2D eigenvalue weighted by Crippen LogP contribution is -2.18. The van der Waals surface area contributed by atoms with Crippen LogP contribution < -0.4 is 10.7 Å². The highest BCUT2D eigenvalue weighted by Crippen LogP contribution is 2.27. The molecular weight excluding hydrogens is 363 g/mol. The van der Waals surface area contributed by atoms with Crippen LogP contribution in [0, 0.1) is 5.82 Å². The van der Waals surface area contributed by atoms with E-state index in [-0.39, 0.29) is 10.7 Å². The van der Waals surface area contributed by atoms with Crippen molar-refractivity contribution in [1.29, 1.82) is 0 Å². The summed E-state index contributed by atoms with van der Waals surface area (Å²) in [6.45, 7) is 0. The quantitative estimate of drug-likeness (QED) is 0.512. The van der Waals surface area contributed by atoms with E-state index in [4.69, 9.17) is 11.6 Å². The van der Waals surface area contributed by atoms with E-state index in [0.717, 1.165) is 5.69 Å². The molecule has 0 aliphatic rings. The molecular formula is C17H12ClFN4OS. The number of rotatable bonds is 5. The number of hydrogen-bond acceptors (Lipinski definition) is 5. The van der Waals surface area contributed by atoms with Gasteiger partial charge in [-0.3, -0.25) is 4.79 Å². The van der Waals surface area contributed by atoms with Gasteiger partial charge >= 0.3 is 0 Å². The van der Waals surface area contributed by atoms with Gasteiger partial charge in [-0.15, -0.1) is 0 Å². The SMILES string of the molecule is O=C(N/N=C/c1sc(Nc2ccccc2)nc1Cl)c1ccccc1F. The van der Waals surface area contributed by atoms with Crippen LogP contribution in [0.2, 0.25) is 5.15 Å². The van der Waals surface area contributed by atoms with Crippen LogP contribution in [-0.4, -0.2) is 17.1 Å². The summed E-state index contributed by atoms with van der Waals surface area (Å²) in [6.07, 6.45) is 1.37. The number of para-hydroxylation sites is 1. The van der Waals surface area contributed by atoms with Crippen LogP contribution in [0.1, 0.15) is 15.2 Å². The topological polar surface area (TPSA) is 66.4 Å². The zero-order chi connectivity index (χ0) is 17.6. The predicted molar refractivity (Wildman–Crippen MR) is 98.3 cm³/mol. The molecule has 0 aliphatic carbocycles. The van der Waals surface area contributed by atoms with Crippen LogP contribution in [0.15, 0.2) is 59.7 Å². The monoisotopic (exact) mass is 374 g/mol. The largest absolute Gasteiger partial charge is 0.331 e. The fourth-order valence-electron chi connectivity index (χ4n) is 1.95. The summed E-state index contributed by atoms with van der Waals surface area (Å²) in [7, 11) is 0. The van der Waals surface area contributed by atoms with Crippen LogP contribution >= 0.6 is 22.9 Å². The highest BCUT2D eigenvalue weighted by Gasteiger charge is 2.10. The molecule has 0 spiro atoms. The lowest BCUT2D eigenvalue weighted by atomic mass is 10.2. The van der Waals surface area contributed by atoms with Gasteiger partial charge < -0.3 is 5.32 Å². The van der Waals surface area contributed by atoms with Crippen molar-refractivity contribution in [3.63, 3.8) is 0 Å². The molecule has 126 valence electrons. The molecule has 0 radical (unpaired) electrons. The summed E-state index contributed by atoms with van der Waals surface area (Å²) >= 11 is 7.34. The lowest BCUT2D eigenvalue weighted by molar-refractivity contribution is 0.0951. The normalized spacial score (nSPS) is 10.8. The highest BCUT2D eigenvalue weighted by molar-refractivity contribution is 7.17. The smallest absolute Gasteiger partial charge is 0.274 e. The molecule has 2 N–H and O–H groups in total. The Labute approximate surface area is 152 Å². The Morgan fingerprint density at radius 3 is 2.64 bits per heavy atom. The summed E-state index contributed by atoms with van der Waals surface area (Å²) in [5, 5.41) is 7.78. The summed E-state index contributed by atoms with van der Waals surface area (Å²) in [5.41, 5.74) is 3.06.